The summed E-state index contributed by atoms with van der Waals surface area (Å²) >= 11 is 0. The van der Waals surface area contributed by atoms with Gasteiger partial charge in [0.05, 0.1) is 6.61 Å². The highest BCUT2D eigenvalue weighted by molar-refractivity contribution is 5.91. The number of nitrogens with zero attached hydrogens (tertiary/aromatic N) is 2. The molecule has 0 saturated carbocycles. The minimum Gasteiger partial charge on any atom is -0.386 e. The minimum atomic E-state index is -1.09. The average molecular weight is 438 g/mol. The van der Waals surface area contributed by atoms with Crippen LogP contribution in [0.3, 0.4) is 0 Å². The van der Waals surface area contributed by atoms with E-state index < -0.39 is 36.0 Å². The molecular formula is C22H35N3O6. The fourth-order valence-electron chi connectivity index (χ4n) is 4.51. The normalized spacial score (nSPS) is 28.5. The maximum atomic E-state index is 12.6. The first-order valence-corrected chi connectivity index (χ1v) is 10.7. The molecule has 0 bridgehead atoms. The zero-order valence-electron chi connectivity index (χ0n) is 19.6. The van der Waals surface area contributed by atoms with Gasteiger partial charge in [-0.2, -0.15) is 4.98 Å². The van der Waals surface area contributed by atoms with Gasteiger partial charge in [0.2, 0.25) is 5.91 Å². The molecule has 2 fully saturated rings. The van der Waals surface area contributed by atoms with Crippen LogP contribution in [0.4, 0.5) is 5.82 Å². The number of anilines is 1. The summed E-state index contributed by atoms with van der Waals surface area (Å²) in [5.41, 5.74) is -1.38. The summed E-state index contributed by atoms with van der Waals surface area (Å²) in [5.74, 6) is -1.27. The summed E-state index contributed by atoms with van der Waals surface area (Å²) < 4.78 is 19.9. The third kappa shape index (κ3) is 4.16. The fraction of sp³-hybridized carbons (Fsp3) is 0.773. The summed E-state index contributed by atoms with van der Waals surface area (Å²) in [4.78, 5) is 28.4. The smallest absolute Gasteiger partial charge is 0.351 e. The van der Waals surface area contributed by atoms with Crippen LogP contribution in [0.2, 0.25) is 0 Å². The largest absolute Gasteiger partial charge is 0.386 e. The van der Waals surface area contributed by atoms with Crippen molar-refractivity contribution in [1.29, 1.82) is 0 Å². The van der Waals surface area contributed by atoms with Crippen molar-refractivity contribution in [2.45, 2.75) is 85.7 Å². The standard InChI is InChI=1S/C22H35N3O6/c1-12(2)17(27)23-14-9-10-25(19(28)24-14)18-15(26)16-13(30-18)11-29-22(31-16,20(3,4)5)21(6,7)8/h9-10,12-13,15-16,18,26H,11H2,1-8H3,(H,23,24,27,28)/t13-,15-,16-,18-/m1/s1. The highest BCUT2D eigenvalue weighted by atomic mass is 16.7. The first kappa shape index (κ1) is 23.8. The SMILES string of the molecule is CC(C)C(=O)Nc1ccn([C@@H]2O[C@@H]3COC(C(C)(C)C)(C(C)(C)C)O[C@H]3[C@H]2O)c(=O)n1. The Morgan fingerprint density at radius 2 is 1.87 bits per heavy atom. The molecule has 2 saturated heterocycles. The third-order valence-electron chi connectivity index (χ3n) is 5.92. The van der Waals surface area contributed by atoms with Crippen molar-refractivity contribution in [1.82, 2.24) is 9.55 Å². The summed E-state index contributed by atoms with van der Waals surface area (Å²) in [5, 5.41) is 13.6. The Morgan fingerprint density at radius 3 is 2.39 bits per heavy atom. The van der Waals surface area contributed by atoms with Gasteiger partial charge in [0.15, 0.2) is 12.0 Å². The monoisotopic (exact) mass is 437 g/mol. The Morgan fingerprint density at radius 1 is 1.26 bits per heavy atom. The van der Waals surface area contributed by atoms with Crippen LogP contribution < -0.4 is 11.0 Å². The number of hydrogen-bond acceptors (Lipinski definition) is 7. The maximum absolute atomic E-state index is 12.6. The molecule has 2 N–H and O–H groups in total. The lowest BCUT2D eigenvalue weighted by Gasteiger charge is -2.56. The van der Waals surface area contributed by atoms with Crippen LogP contribution in [0.15, 0.2) is 17.1 Å². The maximum Gasteiger partial charge on any atom is 0.351 e. The number of carbonyl (C=O) groups excluding carboxylic acids is 1. The van der Waals surface area contributed by atoms with Crippen molar-refractivity contribution in [2.24, 2.45) is 16.7 Å². The molecule has 3 heterocycles. The topological polar surface area (TPSA) is 112 Å². The minimum absolute atomic E-state index is 0.156. The van der Waals surface area contributed by atoms with Gasteiger partial charge in [0.1, 0.15) is 24.1 Å². The van der Waals surface area contributed by atoms with E-state index >= 15 is 0 Å². The molecule has 4 atom stereocenters. The first-order valence-electron chi connectivity index (χ1n) is 10.7. The van der Waals surface area contributed by atoms with Crippen molar-refractivity contribution >= 4 is 11.7 Å². The van der Waals surface area contributed by atoms with E-state index in [-0.39, 0.29) is 35.1 Å². The molecule has 9 nitrogen and oxygen atoms in total. The second kappa shape index (κ2) is 7.95. The van der Waals surface area contributed by atoms with Crippen LogP contribution in [0.5, 0.6) is 0 Å². The Hall–Kier alpha value is -1.81. The molecule has 0 radical (unpaired) electrons. The van der Waals surface area contributed by atoms with Crippen molar-refractivity contribution in [3.63, 3.8) is 0 Å². The lowest BCUT2D eigenvalue weighted by Crippen LogP contribution is -2.64. The highest BCUT2D eigenvalue weighted by Crippen LogP contribution is 2.52. The van der Waals surface area contributed by atoms with E-state index in [1.165, 1.54) is 16.8 Å². The van der Waals surface area contributed by atoms with Crippen LogP contribution >= 0.6 is 0 Å². The molecule has 174 valence electrons. The van der Waals surface area contributed by atoms with Gasteiger partial charge in [0.25, 0.3) is 0 Å². The number of aliphatic hydroxyl groups excluding tert-OH is 1. The van der Waals surface area contributed by atoms with E-state index in [2.05, 4.69) is 10.3 Å². The first-order chi connectivity index (χ1) is 14.2. The summed E-state index contributed by atoms with van der Waals surface area (Å²) in [7, 11) is 0. The molecule has 9 heteroatoms. The number of hydrogen-bond donors (Lipinski definition) is 2. The summed E-state index contributed by atoms with van der Waals surface area (Å²) in [6.45, 7) is 16.0. The Labute approximate surface area is 183 Å². The summed E-state index contributed by atoms with van der Waals surface area (Å²) in [6.07, 6.45) is -1.79. The molecular weight excluding hydrogens is 402 g/mol. The second-order valence-electron chi connectivity index (χ2n) is 10.7. The molecule has 0 spiro atoms. The predicted molar refractivity (Wildman–Crippen MR) is 114 cm³/mol. The van der Waals surface area contributed by atoms with E-state index in [9.17, 15) is 14.7 Å². The van der Waals surface area contributed by atoms with Crippen molar-refractivity contribution in [3.8, 4) is 0 Å². The van der Waals surface area contributed by atoms with Crippen LogP contribution in [0, 0.1) is 16.7 Å². The second-order valence-corrected chi connectivity index (χ2v) is 10.7. The molecule has 0 aromatic carbocycles. The zero-order chi connectivity index (χ0) is 23.4. The Balaban J connectivity index is 1.85. The van der Waals surface area contributed by atoms with Gasteiger partial charge >= 0.3 is 5.69 Å². The zero-order valence-corrected chi connectivity index (χ0v) is 19.6. The fourth-order valence-corrected chi connectivity index (χ4v) is 4.51. The van der Waals surface area contributed by atoms with Gasteiger partial charge in [-0.3, -0.25) is 9.36 Å². The quantitative estimate of drug-likeness (QED) is 0.746. The molecule has 31 heavy (non-hydrogen) atoms. The number of rotatable bonds is 3. The van der Waals surface area contributed by atoms with E-state index in [1.54, 1.807) is 13.8 Å². The third-order valence-corrected chi connectivity index (χ3v) is 5.92. The molecule has 0 unspecified atom stereocenters. The number of aromatic nitrogens is 2. The van der Waals surface area contributed by atoms with Crippen LogP contribution in [-0.4, -0.2) is 51.3 Å². The van der Waals surface area contributed by atoms with Gasteiger partial charge < -0.3 is 24.6 Å². The van der Waals surface area contributed by atoms with Crippen molar-refractivity contribution in [2.75, 3.05) is 11.9 Å². The number of fused-ring (bicyclic) bond motifs is 1. The number of carbonyl (C=O) groups is 1. The molecule has 1 amide bonds. The van der Waals surface area contributed by atoms with Crippen LogP contribution in [-0.2, 0) is 19.0 Å². The van der Waals surface area contributed by atoms with Crippen LogP contribution in [0.1, 0.15) is 61.6 Å². The lowest BCUT2D eigenvalue weighted by atomic mass is 9.69. The van der Waals surface area contributed by atoms with Crippen molar-refractivity contribution in [3.05, 3.63) is 22.7 Å². The Bertz CT molecular complexity index is 868. The molecule has 0 aliphatic carbocycles. The van der Waals surface area contributed by atoms with Gasteiger partial charge in [-0.1, -0.05) is 55.4 Å². The molecule has 2 aliphatic heterocycles. The predicted octanol–water partition coefficient (Wildman–Crippen LogP) is 2.30. The average Bonchev–Trinajstić information content (AvgIpc) is 2.95. The molecule has 1 aromatic heterocycles. The number of nitrogens with one attached hydrogen (secondary N) is 1. The van der Waals surface area contributed by atoms with Gasteiger partial charge in [-0.25, -0.2) is 4.79 Å². The highest BCUT2D eigenvalue weighted by Gasteiger charge is 2.61. The van der Waals surface area contributed by atoms with E-state index in [0.29, 0.717) is 0 Å². The van der Waals surface area contributed by atoms with E-state index in [1.807, 2.05) is 41.5 Å². The van der Waals surface area contributed by atoms with Gasteiger partial charge in [-0.15, -0.1) is 0 Å². The number of amides is 1. The van der Waals surface area contributed by atoms with E-state index in [0.717, 1.165) is 0 Å². The summed E-state index contributed by atoms with van der Waals surface area (Å²) in [6, 6.07) is 1.51. The molecule has 2 aliphatic rings. The number of ether oxygens (including phenoxy) is 3. The Kier molecular flexibility index (Phi) is 6.12. The van der Waals surface area contributed by atoms with Crippen LogP contribution in [0.25, 0.3) is 0 Å². The molecule has 1 aromatic rings. The van der Waals surface area contributed by atoms with Crippen molar-refractivity contribution < 1.29 is 24.1 Å². The lowest BCUT2D eigenvalue weighted by molar-refractivity contribution is -0.392. The molecule has 3 rings (SSSR count). The van der Waals surface area contributed by atoms with Gasteiger partial charge in [-0.05, 0) is 6.07 Å². The van der Waals surface area contributed by atoms with Gasteiger partial charge in [0, 0.05) is 22.9 Å². The van der Waals surface area contributed by atoms with E-state index in [4.69, 9.17) is 14.2 Å². The number of aliphatic hydroxyl groups is 1.